The van der Waals surface area contributed by atoms with Crippen LogP contribution in [0.15, 0.2) is 46.7 Å². The van der Waals surface area contributed by atoms with Gasteiger partial charge in [0.15, 0.2) is 0 Å². The van der Waals surface area contributed by atoms with E-state index in [1.54, 1.807) is 6.07 Å². The van der Waals surface area contributed by atoms with E-state index in [0.29, 0.717) is 30.3 Å². The lowest BCUT2D eigenvalue weighted by Gasteiger charge is -2.20. The summed E-state index contributed by atoms with van der Waals surface area (Å²) < 4.78 is 27.4. The van der Waals surface area contributed by atoms with E-state index in [1.807, 2.05) is 43.3 Å². The highest BCUT2D eigenvalue weighted by molar-refractivity contribution is 7.91. The van der Waals surface area contributed by atoms with Crippen LogP contribution in [0.4, 0.5) is 0 Å². The fraction of sp³-hybridized carbons (Fsp3) is 0.375. The molecule has 6 heteroatoms. The zero-order valence-corrected chi connectivity index (χ0v) is 14.4. The summed E-state index contributed by atoms with van der Waals surface area (Å²) in [7, 11) is -3.45. The molecule has 0 saturated heterocycles. The van der Waals surface area contributed by atoms with Crippen LogP contribution in [0.1, 0.15) is 17.4 Å². The predicted octanol–water partition coefficient (Wildman–Crippen LogP) is 2.50. The Kier molecular flexibility index (Phi) is 6.14. The van der Waals surface area contributed by atoms with E-state index >= 15 is 0 Å². The van der Waals surface area contributed by atoms with Gasteiger partial charge >= 0.3 is 0 Å². The molecule has 22 heavy (non-hydrogen) atoms. The molecule has 4 nitrogen and oxygen atoms in total. The van der Waals surface area contributed by atoms with E-state index in [2.05, 4.69) is 0 Å². The van der Waals surface area contributed by atoms with Crippen LogP contribution in [0.25, 0.3) is 0 Å². The molecule has 0 bridgehead atoms. The Morgan fingerprint density at radius 1 is 1.09 bits per heavy atom. The molecular formula is C16H22N2O2S2. The Morgan fingerprint density at radius 3 is 2.41 bits per heavy atom. The summed E-state index contributed by atoms with van der Waals surface area (Å²) in [5.41, 5.74) is 6.73. The second-order valence-electron chi connectivity index (χ2n) is 5.00. The number of nitrogens with two attached hydrogens (primary N) is 1. The first-order valence-electron chi connectivity index (χ1n) is 7.40. The lowest BCUT2D eigenvalue weighted by atomic mass is 10.1. The van der Waals surface area contributed by atoms with Gasteiger partial charge in [0.2, 0.25) is 0 Å². The summed E-state index contributed by atoms with van der Waals surface area (Å²) in [6, 6.07) is 13.5. The van der Waals surface area contributed by atoms with Gasteiger partial charge in [-0.1, -0.05) is 37.3 Å². The molecule has 0 aliphatic carbocycles. The SMILES string of the molecule is CCc1ccc(S(=O)(=O)N(CCN)CCc2ccccc2)s1. The molecule has 0 spiro atoms. The Balaban J connectivity index is 2.15. The van der Waals surface area contributed by atoms with Gasteiger partial charge in [0.05, 0.1) is 0 Å². The molecule has 2 aromatic rings. The van der Waals surface area contributed by atoms with Gasteiger partial charge in [-0.2, -0.15) is 4.31 Å². The van der Waals surface area contributed by atoms with E-state index in [1.165, 1.54) is 15.6 Å². The average molecular weight is 338 g/mol. The molecule has 2 rings (SSSR count). The Labute approximate surface area is 136 Å². The number of thiophene rings is 1. The molecule has 2 N–H and O–H groups in total. The number of sulfonamides is 1. The van der Waals surface area contributed by atoms with Crippen LogP contribution in [-0.2, 0) is 22.9 Å². The zero-order chi connectivity index (χ0) is 16.0. The maximum Gasteiger partial charge on any atom is 0.252 e. The minimum atomic E-state index is -3.45. The third kappa shape index (κ3) is 4.16. The lowest BCUT2D eigenvalue weighted by Crippen LogP contribution is -2.36. The van der Waals surface area contributed by atoms with Crippen LogP contribution in [0, 0.1) is 0 Å². The summed E-state index contributed by atoms with van der Waals surface area (Å²) in [5, 5.41) is 0. The van der Waals surface area contributed by atoms with Crippen LogP contribution < -0.4 is 5.73 Å². The normalized spacial score (nSPS) is 12.0. The molecule has 0 radical (unpaired) electrons. The Hall–Kier alpha value is -1.21. The van der Waals surface area contributed by atoms with Gasteiger partial charge in [0.25, 0.3) is 10.0 Å². The minimum Gasteiger partial charge on any atom is -0.329 e. The van der Waals surface area contributed by atoms with E-state index < -0.39 is 10.0 Å². The number of hydrogen-bond donors (Lipinski definition) is 1. The van der Waals surface area contributed by atoms with Crippen molar-refractivity contribution < 1.29 is 8.42 Å². The molecule has 1 aromatic heterocycles. The van der Waals surface area contributed by atoms with Crippen molar-refractivity contribution >= 4 is 21.4 Å². The van der Waals surface area contributed by atoms with Gasteiger partial charge in [0, 0.05) is 24.5 Å². The highest BCUT2D eigenvalue weighted by Crippen LogP contribution is 2.25. The molecule has 0 fully saturated rings. The summed E-state index contributed by atoms with van der Waals surface area (Å²) in [6.45, 7) is 3.13. The van der Waals surface area contributed by atoms with Gasteiger partial charge in [0.1, 0.15) is 4.21 Å². The molecule has 0 unspecified atom stereocenters. The van der Waals surface area contributed by atoms with Gasteiger partial charge in [-0.05, 0) is 30.5 Å². The third-order valence-electron chi connectivity index (χ3n) is 3.45. The Morgan fingerprint density at radius 2 is 1.82 bits per heavy atom. The van der Waals surface area contributed by atoms with Gasteiger partial charge < -0.3 is 5.73 Å². The maximum absolute atomic E-state index is 12.8. The van der Waals surface area contributed by atoms with E-state index in [9.17, 15) is 8.42 Å². The first-order valence-corrected chi connectivity index (χ1v) is 9.66. The highest BCUT2D eigenvalue weighted by atomic mass is 32.2. The molecule has 0 saturated carbocycles. The van der Waals surface area contributed by atoms with Crippen molar-refractivity contribution in [2.24, 2.45) is 5.73 Å². The monoisotopic (exact) mass is 338 g/mol. The maximum atomic E-state index is 12.8. The second-order valence-corrected chi connectivity index (χ2v) is 8.34. The third-order valence-corrected chi connectivity index (χ3v) is 7.05. The second kappa shape index (κ2) is 7.87. The Bertz CT molecular complexity index is 681. The number of nitrogens with zero attached hydrogens (tertiary/aromatic N) is 1. The van der Waals surface area contributed by atoms with E-state index in [0.717, 1.165) is 16.9 Å². The molecule has 0 amide bonds. The van der Waals surface area contributed by atoms with Crippen LogP contribution >= 0.6 is 11.3 Å². The molecule has 1 aromatic carbocycles. The molecule has 0 aliphatic heterocycles. The summed E-state index contributed by atoms with van der Waals surface area (Å²) >= 11 is 1.35. The summed E-state index contributed by atoms with van der Waals surface area (Å²) in [5.74, 6) is 0. The fourth-order valence-electron chi connectivity index (χ4n) is 2.21. The smallest absolute Gasteiger partial charge is 0.252 e. The fourth-order valence-corrected chi connectivity index (χ4v) is 5.11. The van der Waals surface area contributed by atoms with E-state index in [4.69, 9.17) is 5.73 Å². The molecule has 120 valence electrons. The van der Waals surface area contributed by atoms with Crippen LogP contribution in [0.3, 0.4) is 0 Å². The van der Waals surface area contributed by atoms with Crippen molar-refractivity contribution in [2.45, 2.75) is 24.0 Å². The van der Waals surface area contributed by atoms with Crippen molar-refractivity contribution in [1.29, 1.82) is 0 Å². The zero-order valence-electron chi connectivity index (χ0n) is 12.7. The summed E-state index contributed by atoms with van der Waals surface area (Å²) in [6.07, 6.45) is 1.53. The number of aryl methyl sites for hydroxylation is 1. The van der Waals surface area contributed by atoms with Crippen LogP contribution in [0.2, 0.25) is 0 Å². The first kappa shape index (κ1) is 17.1. The number of benzene rings is 1. The van der Waals surface area contributed by atoms with Gasteiger partial charge in [-0.3, -0.25) is 0 Å². The number of rotatable bonds is 8. The quantitative estimate of drug-likeness (QED) is 0.804. The lowest BCUT2D eigenvalue weighted by molar-refractivity contribution is 0.423. The molecular weight excluding hydrogens is 316 g/mol. The molecule has 1 heterocycles. The topological polar surface area (TPSA) is 63.4 Å². The average Bonchev–Trinajstić information content (AvgIpc) is 3.02. The van der Waals surface area contributed by atoms with Crippen LogP contribution in [0.5, 0.6) is 0 Å². The van der Waals surface area contributed by atoms with Crippen molar-refractivity contribution in [2.75, 3.05) is 19.6 Å². The van der Waals surface area contributed by atoms with Gasteiger partial charge in [-0.25, -0.2) is 8.42 Å². The first-order chi connectivity index (χ1) is 10.6. The molecule has 0 aliphatic rings. The van der Waals surface area contributed by atoms with Crippen molar-refractivity contribution in [3.05, 3.63) is 52.9 Å². The van der Waals surface area contributed by atoms with Crippen molar-refractivity contribution in [3.63, 3.8) is 0 Å². The predicted molar refractivity (Wildman–Crippen MR) is 91.7 cm³/mol. The largest absolute Gasteiger partial charge is 0.329 e. The van der Waals surface area contributed by atoms with Gasteiger partial charge in [-0.15, -0.1) is 11.3 Å². The minimum absolute atomic E-state index is 0.319. The summed E-state index contributed by atoms with van der Waals surface area (Å²) in [4.78, 5) is 1.08. The highest BCUT2D eigenvalue weighted by Gasteiger charge is 2.25. The number of hydrogen-bond acceptors (Lipinski definition) is 4. The van der Waals surface area contributed by atoms with Crippen LogP contribution in [-0.4, -0.2) is 32.4 Å². The van der Waals surface area contributed by atoms with Crippen molar-refractivity contribution in [1.82, 2.24) is 4.31 Å². The molecule has 0 atom stereocenters. The van der Waals surface area contributed by atoms with E-state index in [-0.39, 0.29) is 0 Å². The van der Waals surface area contributed by atoms with Crippen molar-refractivity contribution in [3.8, 4) is 0 Å². The standard InChI is InChI=1S/C16H22N2O2S2/c1-2-15-8-9-16(21-15)22(19,20)18(13-11-17)12-10-14-6-4-3-5-7-14/h3-9H,2,10-13,17H2,1H3.